The van der Waals surface area contributed by atoms with E-state index in [9.17, 15) is 9.59 Å². The summed E-state index contributed by atoms with van der Waals surface area (Å²) in [6.07, 6.45) is 0. The summed E-state index contributed by atoms with van der Waals surface area (Å²) in [7, 11) is 4.52. The molecule has 1 aliphatic rings. The maximum absolute atomic E-state index is 11.3. The summed E-state index contributed by atoms with van der Waals surface area (Å²) in [5.74, 6) is -1.47. The third-order valence-corrected chi connectivity index (χ3v) is 2.51. The standard InChI is InChI=1S/C9H15NO4/c1-10-4-6(8(11)13-2)7(5-10)9(12)14-3/h6-7H,4-5H2,1-3H3. The monoisotopic (exact) mass is 201 g/mol. The Morgan fingerprint density at radius 3 is 1.71 bits per heavy atom. The molecule has 0 N–H and O–H groups in total. The molecule has 2 atom stereocenters. The summed E-state index contributed by atoms with van der Waals surface area (Å²) in [6, 6.07) is 0. The van der Waals surface area contributed by atoms with Gasteiger partial charge in [0.1, 0.15) is 0 Å². The number of hydrogen-bond donors (Lipinski definition) is 0. The van der Waals surface area contributed by atoms with E-state index in [0.29, 0.717) is 13.1 Å². The van der Waals surface area contributed by atoms with Crippen LogP contribution in [0.2, 0.25) is 0 Å². The Kier molecular flexibility index (Phi) is 3.46. The zero-order valence-electron chi connectivity index (χ0n) is 8.65. The third-order valence-electron chi connectivity index (χ3n) is 2.51. The van der Waals surface area contributed by atoms with Crippen molar-refractivity contribution in [3.8, 4) is 0 Å². The second kappa shape index (κ2) is 4.41. The van der Waals surface area contributed by atoms with Crippen molar-refractivity contribution in [2.24, 2.45) is 11.8 Å². The Morgan fingerprint density at radius 2 is 1.43 bits per heavy atom. The van der Waals surface area contributed by atoms with Gasteiger partial charge < -0.3 is 14.4 Å². The van der Waals surface area contributed by atoms with E-state index in [2.05, 4.69) is 9.47 Å². The summed E-state index contributed by atoms with van der Waals surface area (Å²) in [5, 5.41) is 0. The van der Waals surface area contributed by atoms with E-state index in [-0.39, 0.29) is 11.9 Å². The van der Waals surface area contributed by atoms with Crippen LogP contribution in [0.15, 0.2) is 0 Å². The van der Waals surface area contributed by atoms with E-state index >= 15 is 0 Å². The average Bonchev–Trinajstić information content (AvgIpc) is 2.58. The maximum Gasteiger partial charge on any atom is 0.310 e. The van der Waals surface area contributed by atoms with E-state index < -0.39 is 11.8 Å². The second-order valence-electron chi connectivity index (χ2n) is 3.48. The van der Waals surface area contributed by atoms with Crippen molar-refractivity contribution in [3.05, 3.63) is 0 Å². The zero-order chi connectivity index (χ0) is 10.7. The number of carbonyl (C=O) groups excluding carboxylic acids is 2. The van der Waals surface area contributed by atoms with Crippen molar-refractivity contribution in [2.45, 2.75) is 0 Å². The number of methoxy groups -OCH3 is 2. The lowest BCUT2D eigenvalue weighted by Crippen LogP contribution is -2.30. The lowest BCUT2D eigenvalue weighted by Gasteiger charge is -2.13. The van der Waals surface area contributed by atoms with Crippen LogP contribution in [0.5, 0.6) is 0 Å². The maximum atomic E-state index is 11.3. The first-order chi connectivity index (χ1) is 6.60. The zero-order valence-corrected chi connectivity index (χ0v) is 8.65. The molecule has 2 unspecified atom stereocenters. The highest BCUT2D eigenvalue weighted by Crippen LogP contribution is 2.24. The van der Waals surface area contributed by atoms with Gasteiger partial charge in [0.2, 0.25) is 0 Å². The first kappa shape index (κ1) is 11.0. The van der Waals surface area contributed by atoms with Crippen LogP contribution in [-0.4, -0.2) is 51.2 Å². The van der Waals surface area contributed by atoms with Gasteiger partial charge in [0, 0.05) is 13.1 Å². The predicted molar refractivity (Wildman–Crippen MR) is 48.5 cm³/mol. The first-order valence-corrected chi connectivity index (χ1v) is 4.44. The van der Waals surface area contributed by atoms with Gasteiger partial charge in [-0.3, -0.25) is 9.59 Å². The number of nitrogens with zero attached hydrogens (tertiary/aromatic N) is 1. The summed E-state index contributed by atoms with van der Waals surface area (Å²) in [5.41, 5.74) is 0. The minimum atomic E-state index is -0.391. The minimum Gasteiger partial charge on any atom is -0.469 e. The van der Waals surface area contributed by atoms with Gasteiger partial charge in [0.25, 0.3) is 0 Å². The molecule has 1 heterocycles. The minimum absolute atomic E-state index is 0.343. The van der Waals surface area contributed by atoms with Crippen molar-refractivity contribution in [1.82, 2.24) is 4.90 Å². The van der Waals surface area contributed by atoms with Crippen LogP contribution in [0.1, 0.15) is 0 Å². The molecule has 0 aliphatic carbocycles. The number of carbonyl (C=O) groups is 2. The molecule has 80 valence electrons. The van der Waals surface area contributed by atoms with E-state index in [1.54, 1.807) is 0 Å². The third kappa shape index (κ3) is 2.04. The van der Waals surface area contributed by atoms with Crippen molar-refractivity contribution in [1.29, 1.82) is 0 Å². The Morgan fingerprint density at radius 1 is 1.07 bits per heavy atom. The fourth-order valence-corrected chi connectivity index (χ4v) is 1.78. The summed E-state index contributed by atoms with van der Waals surface area (Å²) in [4.78, 5) is 24.6. The molecule has 1 aliphatic heterocycles. The van der Waals surface area contributed by atoms with Gasteiger partial charge >= 0.3 is 11.9 Å². The van der Waals surface area contributed by atoms with Gasteiger partial charge in [0.05, 0.1) is 26.1 Å². The van der Waals surface area contributed by atoms with Crippen LogP contribution in [0.4, 0.5) is 0 Å². The molecule has 0 aromatic carbocycles. The van der Waals surface area contributed by atoms with Crippen LogP contribution in [0, 0.1) is 11.8 Å². The van der Waals surface area contributed by atoms with Crippen LogP contribution >= 0.6 is 0 Å². The lowest BCUT2D eigenvalue weighted by atomic mass is 9.96. The normalized spacial score (nSPS) is 27.4. The van der Waals surface area contributed by atoms with Crippen molar-refractivity contribution in [2.75, 3.05) is 34.4 Å². The first-order valence-electron chi connectivity index (χ1n) is 4.44. The Hall–Kier alpha value is -1.10. The van der Waals surface area contributed by atoms with Gasteiger partial charge in [-0.15, -0.1) is 0 Å². The lowest BCUT2D eigenvalue weighted by molar-refractivity contribution is -0.155. The number of hydrogen-bond acceptors (Lipinski definition) is 5. The highest BCUT2D eigenvalue weighted by Gasteiger charge is 2.41. The van der Waals surface area contributed by atoms with Crippen LogP contribution in [-0.2, 0) is 19.1 Å². The van der Waals surface area contributed by atoms with Crippen molar-refractivity contribution in [3.63, 3.8) is 0 Å². The molecule has 14 heavy (non-hydrogen) atoms. The van der Waals surface area contributed by atoms with Crippen LogP contribution in [0.3, 0.4) is 0 Å². The smallest absolute Gasteiger partial charge is 0.310 e. The summed E-state index contributed by atoms with van der Waals surface area (Å²) < 4.78 is 9.27. The predicted octanol–water partition coefficient (Wildman–Crippen LogP) is -0.490. The van der Waals surface area contributed by atoms with E-state index in [4.69, 9.17) is 0 Å². The average molecular weight is 201 g/mol. The Bertz CT molecular complexity index is 217. The quantitative estimate of drug-likeness (QED) is 0.564. The SMILES string of the molecule is COC(=O)C1CN(C)CC1C(=O)OC. The van der Waals surface area contributed by atoms with Crippen molar-refractivity contribution >= 4 is 11.9 Å². The summed E-state index contributed by atoms with van der Waals surface area (Å²) in [6.45, 7) is 1.10. The number of ether oxygens (including phenoxy) is 2. The van der Waals surface area contributed by atoms with Gasteiger partial charge in [-0.05, 0) is 7.05 Å². The molecule has 0 amide bonds. The largest absolute Gasteiger partial charge is 0.469 e. The molecule has 0 aromatic heterocycles. The second-order valence-corrected chi connectivity index (χ2v) is 3.48. The van der Waals surface area contributed by atoms with Gasteiger partial charge in [-0.2, -0.15) is 0 Å². The molecule has 1 rings (SSSR count). The van der Waals surface area contributed by atoms with Crippen molar-refractivity contribution < 1.29 is 19.1 Å². The molecular formula is C9H15NO4. The number of rotatable bonds is 2. The highest BCUT2D eigenvalue weighted by molar-refractivity contribution is 5.83. The molecule has 5 heteroatoms. The fraction of sp³-hybridized carbons (Fsp3) is 0.778. The molecule has 0 bridgehead atoms. The highest BCUT2D eigenvalue weighted by atomic mass is 16.5. The number of esters is 2. The molecule has 1 fully saturated rings. The Labute approximate surface area is 83.0 Å². The van der Waals surface area contributed by atoms with Gasteiger partial charge in [-0.1, -0.05) is 0 Å². The molecule has 1 saturated heterocycles. The molecule has 5 nitrogen and oxygen atoms in total. The molecule has 0 radical (unpaired) electrons. The van der Waals surface area contributed by atoms with Crippen LogP contribution < -0.4 is 0 Å². The van der Waals surface area contributed by atoms with Gasteiger partial charge in [0.15, 0.2) is 0 Å². The molecule has 0 spiro atoms. The molecular weight excluding hydrogens is 186 g/mol. The van der Waals surface area contributed by atoms with E-state index in [1.165, 1.54) is 14.2 Å². The van der Waals surface area contributed by atoms with Crippen LogP contribution in [0.25, 0.3) is 0 Å². The summed E-state index contributed by atoms with van der Waals surface area (Å²) >= 11 is 0. The van der Waals surface area contributed by atoms with Gasteiger partial charge in [-0.25, -0.2) is 0 Å². The van der Waals surface area contributed by atoms with E-state index in [0.717, 1.165) is 0 Å². The molecule has 0 aromatic rings. The Balaban J connectivity index is 2.72. The topological polar surface area (TPSA) is 55.8 Å². The number of likely N-dealkylation sites (tertiary alicyclic amines) is 1. The molecule has 0 saturated carbocycles. The fourth-order valence-electron chi connectivity index (χ4n) is 1.78. The van der Waals surface area contributed by atoms with E-state index in [1.807, 2.05) is 11.9 Å².